The molecule has 4 fully saturated rings. The molecule has 0 aromatic heterocycles. The number of ether oxygens (including phenoxy) is 4. The van der Waals surface area contributed by atoms with Crippen LogP contribution in [0, 0.1) is 140 Å². The van der Waals surface area contributed by atoms with E-state index in [1.165, 1.54) is 51.4 Å². The van der Waals surface area contributed by atoms with E-state index in [1.807, 2.05) is 170 Å². The van der Waals surface area contributed by atoms with Crippen LogP contribution in [0.3, 0.4) is 0 Å². The summed E-state index contributed by atoms with van der Waals surface area (Å²) in [5, 5.41) is 70.9. The molecule has 0 bridgehead atoms. The van der Waals surface area contributed by atoms with Crippen molar-refractivity contribution in [1.29, 1.82) is 0 Å². The van der Waals surface area contributed by atoms with Crippen molar-refractivity contribution in [2.75, 3.05) is 107 Å². The quantitative estimate of drug-likeness (QED) is 0.100. The van der Waals surface area contributed by atoms with Gasteiger partial charge in [0, 0.05) is 105 Å². The molecule has 0 radical (unpaired) electrons. The molecule has 16 heteroatoms. The molecule has 0 aliphatic carbocycles. The van der Waals surface area contributed by atoms with Gasteiger partial charge < -0.3 is 59.4 Å². The predicted octanol–water partition coefficient (Wildman–Crippen LogP) is 10.6. The second-order valence-corrected chi connectivity index (χ2v) is 24.2. The summed E-state index contributed by atoms with van der Waals surface area (Å²) in [6, 6.07) is 29.1. The molecular weight excluding hydrogens is 1380 g/mol. The number of rotatable bonds is 14. The summed E-state index contributed by atoms with van der Waals surface area (Å²) in [5.74, 6) is 0.578. The van der Waals surface area contributed by atoms with Gasteiger partial charge in [0.2, 0.25) is 0 Å². The van der Waals surface area contributed by atoms with Crippen molar-refractivity contribution in [3.05, 3.63) is 175 Å². The van der Waals surface area contributed by atoms with Crippen LogP contribution in [0.4, 0.5) is 0 Å². The zero-order chi connectivity index (χ0) is 65.0. The summed E-state index contributed by atoms with van der Waals surface area (Å²) in [6.07, 6.45) is 10.2. The second kappa shape index (κ2) is 48.0. The Hall–Kier alpha value is -3.81. The molecule has 10 rings (SSSR count). The fourth-order valence-electron chi connectivity index (χ4n) is 9.83. The van der Waals surface area contributed by atoms with Gasteiger partial charge in [-0.3, -0.25) is 9.80 Å². The first-order valence-corrected chi connectivity index (χ1v) is 31.5. The average Bonchev–Trinajstić information content (AvgIpc) is 3.15. The van der Waals surface area contributed by atoms with E-state index in [4.69, 9.17) is 18.9 Å². The van der Waals surface area contributed by atoms with Gasteiger partial charge in [-0.15, -0.1) is 34.5 Å². The van der Waals surface area contributed by atoms with Crippen LogP contribution in [0.25, 0.3) is 0 Å². The third-order valence-corrected chi connectivity index (χ3v) is 14.6. The number of hydrogen-bond donors (Lipinski definition) is 0. The van der Waals surface area contributed by atoms with E-state index in [0.717, 1.165) is 157 Å². The van der Waals surface area contributed by atoms with E-state index in [2.05, 4.69) is 19.6 Å². The van der Waals surface area contributed by atoms with Crippen molar-refractivity contribution in [2.24, 2.45) is 0 Å². The van der Waals surface area contributed by atoms with Gasteiger partial charge in [-0.1, -0.05) is 153 Å². The van der Waals surface area contributed by atoms with Crippen molar-refractivity contribution in [3.8, 4) is 34.5 Å². The SMILES string of the molecule is C1CCOC1.C1CCOC1.C1CCOC1.C1CCOC1.Cc1cc(C)c([O-])c(CN(CCN(C)C)Cc2cc(C)cc(C)c2[O-])c1.Cc1cc(C)c([O-])c(CN(CCN(C)C)Cc2cc(C)cc(C)c2[O-])c1.Cc1ccc([O-])cc1.Cc1ccc([O-])cc1.[La+3].[La+3]. The normalized spacial score (nSPS) is 13.6. The van der Waals surface area contributed by atoms with Crippen LogP contribution in [0.15, 0.2) is 97.1 Å². The smallest absolute Gasteiger partial charge is 0.872 e. The van der Waals surface area contributed by atoms with Crippen LogP contribution < -0.4 is 30.6 Å². The largest absolute Gasteiger partial charge is 3.00 e. The van der Waals surface area contributed by atoms with Crippen LogP contribution >= 0.6 is 0 Å². The van der Waals surface area contributed by atoms with Crippen LogP contribution in [-0.4, -0.2) is 127 Å². The van der Waals surface area contributed by atoms with Gasteiger partial charge in [-0.05, 0) is 171 Å². The summed E-state index contributed by atoms with van der Waals surface area (Å²) < 4.78 is 19.8. The van der Waals surface area contributed by atoms with Crippen LogP contribution in [0.5, 0.6) is 34.5 Å². The molecule has 488 valence electrons. The van der Waals surface area contributed by atoms with E-state index in [9.17, 15) is 30.6 Å². The molecule has 0 saturated carbocycles. The molecule has 4 heterocycles. The number of aryl methyl sites for hydroxylation is 10. The van der Waals surface area contributed by atoms with Crippen molar-refractivity contribution >= 4 is 0 Å². The van der Waals surface area contributed by atoms with E-state index in [-0.39, 0.29) is 106 Å². The first kappa shape index (κ1) is 84.2. The Morgan fingerprint density at radius 1 is 0.289 bits per heavy atom. The van der Waals surface area contributed by atoms with E-state index in [1.54, 1.807) is 24.3 Å². The van der Waals surface area contributed by atoms with Crippen molar-refractivity contribution < 1.29 is 121 Å². The molecule has 0 spiro atoms. The van der Waals surface area contributed by atoms with Gasteiger partial charge in [0.05, 0.1) is 0 Å². The second-order valence-electron chi connectivity index (χ2n) is 24.2. The maximum atomic E-state index is 12.5. The van der Waals surface area contributed by atoms with Gasteiger partial charge in [0.25, 0.3) is 0 Å². The van der Waals surface area contributed by atoms with Crippen molar-refractivity contribution in [3.63, 3.8) is 0 Å². The van der Waals surface area contributed by atoms with E-state index >= 15 is 0 Å². The predicted molar refractivity (Wildman–Crippen MR) is 348 cm³/mol. The summed E-state index contributed by atoms with van der Waals surface area (Å²) in [7, 11) is 8.13. The number of likely N-dealkylation sites (N-methyl/N-ethyl adjacent to an activating group) is 2. The molecule has 90 heavy (non-hydrogen) atoms. The average molecular weight is 1490 g/mol. The third-order valence-electron chi connectivity index (χ3n) is 14.6. The molecular formula is C74H106La2N4O10. The monoisotopic (exact) mass is 1490 g/mol. The molecule has 4 aliphatic rings. The maximum Gasteiger partial charge on any atom is 3.00 e. The molecule has 0 unspecified atom stereocenters. The minimum absolute atomic E-state index is 0. The number of hydrogen-bond acceptors (Lipinski definition) is 14. The molecule has 14 nitrogen and oxygen atoms in total. The van der Waals surface area contributed by atoms with Gasteiger partial charge in [-0.25, -0.2) is 0 Å². The first-order chi connectivity index (χ1) is 41.9. The molecule has 0 N–H and O–H groups in total. The zero-order valence-electron chi connectivity index (χ0n) is 57.2. The molecule has 0 atom stereocenters. The Morgan fingerprint density at radius 2 is 0.489 bits per heavy atom. The summed E-state index contributed by atoms with van der Waals surface area (Å²) in [5.41, 5.74) is 13.0. The topological polar surface area (TPSA) is 188 Å². The Labute approximate surface area is 598 Å². The Morgan fingerprint density at radius 3 is 0.644 bits per heavy atom. The van der Waals surface area contributed by atoms with Crippen molar-refractivity contribution in [1.82, 2.24) is 19.6 Å². The van der Waals surface area contributed by atoms with Crippen LogP contribution in [0.2, 0.25) is 0 Å². The van der Waals surface area contributed by atoms with E-state index < -0.39 is 0 Å². The molecule has 0 amide bonds. The van der Waals surface area contributed by atoms with Gasteiger partial charge in [0.1, 0.15) is 0 Å². The fraction of sp³-hybridized carbons (Fsp3) is 0.514. The standard InChI is InChI=1S/2C22H32N2O2.2C7H8O.4C4H8O.2La/c2*1-15-9-17(3)21(25)19(11-15)13-24(8-7-23(5)6)14-20-12-16(2)10-18(4)22(20)26;2*1-6-2-4-7(8)5-3-6;4*1-2-4-5-3-1;;/h2*9-12,25-26H,7-8,13-14H2,1-6H3;2*2-5,8H,1H3;4*1-4H2;;/q;;;;;;;;2*+3/p-6. The third kappa shape index (κ3) is 36.6. The van der Waals surface area contributed by atoms with E-state index in [0.29, 0.717) is 26.2 Å². The summed E-state index contributed by atoms with van der Waals surface area (Å²) in [4.78, 5) is 8.63. The first-order valence-electron chi connectivity index (χ1n) is 31.5. The molecule has 6 aromatic carbocycles. The number of benzene rings is 6. The summed E-state index contributed by atoms with van der Waals surface area (Å²) >= 11 is 0. The molecule has 4 aliphatic heterocycles. The van der Waals surface area contributed by atoms with Gasteiger partial charge in [0.15, 0.2) is 0 Å². The van der Waals surface area contributed by atoms with Crippen LogP contribution in [0.1, 0.15) is 129 Å². The van der Waals surface area contributed by atoms with Gasteiger partial charge >= 0.3 is 71.2 Å². The summed E-state index contributed by atoms with van der Waals surface area (Å²) in [6.45, 7) is 33.0. The number of nitrogens with zero attached hydrogens (tertiary/aromatic N) is 4. The molecule has 4 saturated heterocycles. The maximum absolute atomic E-state index is 12.5. The Balaban J connectivity index is 0.000000573. The fourth-order valence-corrected chi connectivity index (χ4v) is 9.83. The molecule has 6 aromatic rings. The minimum Gasteiger partial charge on any atom is -0.872 e. The Kier molecular flexibility index (Phi) is 44.9. The van der Waals surface area contributed by atoms with Crippen LogP contribution in [-0.2, 0) is 45.1 Å². The zero-order valence-corrected chi connectivity index (χ0v) is 64.5. The minimum atomic E-state index is 0. The van der Waals surface area contributed by atoms with Crippen molar-refractivity contribution in [2.45, 2.75) is 147 Å². The Bertz CT molecular complexity index is 2470. The van der Waals surface area contributed by atoms with Gasteiger partial charge in [-0.2, -0.15) is 0 Å².